The van der Waals surface area contributed by atoms with Crippen molar-refractivity contribution in [2.75, 3.05) is 19.6 Å². The smallest absolute Gasteiger partial charge is 0.223 e. The topological polar surface area (TPSA) is 50.2 Å². The number of hydrogen-bond donors (Lipinski definition) is 1. The molecule has 0 fully saturated rings. The Morgan fingerprint density at radius 2 is 2.11 bits per heavy atom. The van der Waals surface area contributed by atoms with E-state index in [9.17, 15) is 4.79 Å². The van der Waals surface area contributed by atoms with Crippen LogP contribution in [-0.4, -0.2) is 40.0 Å². The molecule has 0 spiro atoms. The fourth-order valence-electron chi connectivity index (χ4n) is 1.93. The average molecular weight is 252 g/mol. The fraction of sp³-hybridized carbons (Fsp3) is 0.692. The Morgan fingerprint density at radius 3 is 2.72 bits per heavy atom. The van der Waals surface area contributed by atoms with E-state index in [1.54, 1.807) is 0 Å². The maximum absolute atomic E-state index is 11.8. The van der Waals surface area contributed by atoms with Crippen LogP contribution in [0, 0.1) is 0 Å². The summed E-state index contributed by atoms with van der Waals surface area (Å²) in [6.07, 6.45) is 4.25. The fourth-order valence-corrected chi connectivity index (χ4v) is 1.93. The van der Waals surface area contributed by atoms with Gasteiger partial charge in [0.2, 0.25) is 5.91 Å². The molecular weight excluding hydrogens is 228 g/mol. The zero-order valence-electron chi connectivity index (χ0n) is 11.6. The van der Waals surface area contributed by atoms with E-state index in [0.717, 1.165) is 31.9 Å². The van der Waals surface area contributed by atoms with Crippen molar-refractivity contribution in [3.8, 4) is 0 Å². The van der Waals surface area contributed by atoms with Gasteiger partial charge in [0.15, 0.2) is 0 Å². The van der Waals surface area contributed by atoms with Crippen LogP contribution in [0.1, 0.15) is 32.9 Å². The maximum atomic E-state index is 11.8. The second-order valence-corrected chi connectivity index (χ2v) is 4.16. The van der Waals surface area contributed by atoms with Gasteiger partial charge in [-0.3, -0.25) is 4.79 Å². The van der Waals surface area contributed by atoms with Crippen molar-refractivity contribution in [2.24, 2.45) is 0 Å². The summed E-state index contributed by atoms with van der Waals surface area (Å²) in [6, 6.07) is 0. The Kier molecular flexibility index (Phi) is 6.43. The van der Waals surface area contributed by atoms with Gasteiger partial charge in [0.25, 0.3) is 0 Å². The number of amides is 1. The lowest BCUT2D eigenvalue weighted by molar-refractivity contribution is -0.130. The molecule has 18 heavy (non-hydrogen) atoms. The van der Waals surface area contributed by atoms with Crippen LogP contribution < -0.4 is 5.32 Å². The lowest BCUT2D eigenvalue weighted by Gasteiger charge is -2.18. The molecule has 0 bridgehead atoms. The van der Waals surface area contributed by atoms with Gasteiger partial charge in [-0.1, -0.05) is 0 Å². The summed E-state index contributed by atoms with van der Waals surface area (Å²) >= 11 is 0. The number of aromatic nitrogens is 2. The molecule has 5 heteroatoms. The molecule has 5 nitrogen and oxygen atoms in total. The molecule has 102 valence electrons. The van der Waals surface area contributed by atoms with Crippen LogP contribution in [0.3, 0.4) is 0 Å². The van der Waals surface area contributed by atoms with Crippen LogP contribution in [0.4, 0.5) is 0 Å². The standard InChI is InChI=1S/C13H24N4O/c1-4-16(5-2)13(18)7-8-14-9-12-10-15-11-17(12)6-3/h10-11,14H,4-9H2,1-3H3. The maximum Gasteiger partial charge on any atom is 0.223 e. The quantitative estimate of drug-likeness (QED) is 0.708. The number of aryl methyl sites for hydroxylation is 1. The molecule has 0 aliphatic heterocycles. The first-order valence-electron chi connectivity index (χ1n) is 6.70. The number of hydrogen-bond acceptors (Lipinski definition) is 3. The molecule has 1 N–H and O–H groups in total. The molecule has 1 rings (SSSR count). The molecule has 0 aromatic carbocycles. The van der Waals surface area contributed by atoms with Crippen LogP contribution in [0.25, 0.3) is 0 Å². The normalized spacial score (nSPS) is 10.6. The third-order valence-corrected chi connectivity index (χ3v) is 3.08. The number of nitrogens with one attached hydrogen (secondary N) is 1. The minimum Gasteiger partial charge on any atom is -0.343 e. The Labute approximate surface area is 109 Å². The minimum atomic E-state index is 0.219. The zero-order valence-corrected chi connectivity index (χ0v) is 11.6. The van der Waals surface area contributed by atoms with E-state index >= 15 is 0 Å². The SMILES string of the molecule is CCN(CC)C(=O)CCNCc1cncn1CC. The molecule has 1 aromatic heterocycles. The van der Waals surface area contributed by atoms with Crippen LogP contribution >= 0.6 is 0 Å². The summed E-state index contributed by atoms with van der Waals surface area (Å²) in [5.41, 5.74) is 1.16. The first kappa shape index (κ1) is 14.7. The van der Waals surface area contributed by atoms with Crippen molar-refractivity contribution in [3.63, 3.8) is 0 Å². The lowest BCUT2D eigenvalue weighted by Crippen LogP contribution is -2.32. The van der Waals surface area contributed by atoms with Gasteiger partial charge in [-0.15, -0.1) is 0 Å². The Hall–Kier alpha value is -1.36. The zero-order chi connectivity index (χ0) is 13.4. The first-order valence-corrected chi connectivity index (χ1v) is 6.70. The lowest BCUT2D eigenvalue weighted by atomic mass is 10.3. The summed E-state index contributed by atoms with van der Waals surface area (Å²) in [4.78, 5) is 17.7. The van der Waals surface area contributed by atoms with Gasteiger partial charge in [0.1, 0.15) is 0 Å². The van der Waals surface area contributed by atoms with Crippen LogP contribution in [0.2, 0.25) is 0 Å². The molecular formula is C13H24N4O. The summed E-state index contributed by atoms with van der Waals surface area (Å²) in [7, 11) is 0. The molecule has 0 saturated heterocycles. The van der Waals surface area contributed by atoms with Crippen molar-refractivity contribution >= 4 is 5.91 Å². The molecule has 1 amide bonds. The monoisotopic (exact) mass is 252 g/mol. The third-order valence-electron chi connectivity index (χ3n) is 3.08. The minimum absolute atomic E-state index is 0.219. The third kappa shape index (κ3) is 4.14. The second-order valence-electron chi connectivity index (χ2n) is 4.16. The highest BCUT2D eigenvalue weighted by Gasteiger charge is 2.08. The van der Waals surface area contributed by atoms with Crippen LogP contribution in [0.5, 0.6) is 0 Å². The molecule has 0 atom stereocenters. The van der Waals surface area contributed by atoms with Gasteiger partial charge < -0.3 is 14.8 Å². The number of imidazole rings is 1. The second kappa shape index (κ2) is 7.87. The number of carbonyl (C=O) groups excluding carboxylic acids is 1. The molecule has 1 aromatic rings. The van der Waals surface area contributed by atoms with Gasteiger partial charge >= 0.3 is 0 Å². The van der Waals surface area contributed by atoms with Crippen molar-refractivity contribution in [1.82, 2.24) is 19.8 Å². The summed E-state index contributed by atoms with van der Waals surface area (Å²) < 4.78 is 2.10. The molecule has 1 heterocycles. The van der Waals surface area contributed by atoms with Gasteiger partial charge in [0, 0.05) is 45.3 Å². The van der Waals surface area contributed by atoms with E-state index in [1.807, 2.05) is 31.3 Å². The predicted octanol–water partition coefficient (Wildman–Crippen LogP) is 1.25. The highest BCUT2D eigenvalue weighted by atomic mass is 16.2. The van der Waals surface area contributed by atoms with E-state index in [-0.39, 0.29) is 5.91 Å². The van der Waals surface area contributed by atoms with Crippen molar-refractivity contribution < 1.29 is 4.79 Å². The van der Waals surface area contributed by atoms with Crippen molar-refractivity contribution in [3.05, 3.63) is 18.2 Å². The van der Waals surface area contributed by atoms with Gasteiger partial charge in [-0.2, -0.15) is 0 Å². The summed E-state index contributed by atoms with van der Waals surface area (Å²) in [6.45, 7) is 10.1. The molecule has 0 unspecified atom stereocenters. The van der Waals surface area contributed by atoms with Crippen LogP contribution in [-0.2, 0) is 17.9 Å². The number of rotatable bonds is 8. The largest absolute Gasteiger partial charge is 0.343 e. The molecule has 0 radical (unpaired) electrons. The Bertz CT molecular complexity index is 358. The van der Waals surface area contributed by atoms with Crippen molar-refractivity contribution in [2.45, 2.75) is 40.3 Å². The van der Waals surface area contributed by atoms with Crippen LogP contribution in [0.15, 0.2) is 12.5 Å². The van der Waals surface area contributed by atoms with E-state index in [2.05, 4.69) is 21.8 Å². The Morgan fingerprint density at radius 1 is 1.39 bits per heavy atom. The summed E-state index contributed by atoms with van der Waals surface area (Å²) in [5.74, 6) is 0.219. The molecule has 0 saturated carbocycles. The average Bonchev–Trinajstić information content (AvgIpc) is 2.83. The first-order chi connectivity index (χ1) is 8.72. The number of nitrogens with zero attached hydrogens (tertiary/aromatic N) is 3. The van der Waals surface area contributed by atoms with E-state index in [1.165, 1.54) is 0 Å². The molecule has 0 aliphatic carbocycles. The van der Waals surface area contributed by atoms with Crippen molar-refractivity contribution in [1.29, 1.82) is 0 Å². The van der Waals surface area contributed by atoms with E-state index in [0.29, 0.717) is 13.0 Å². The van der Waals surface area contributed by atoms with Gasteiger partial charge in [-0.05, 0) is 20.8 Å². The van der Waals surface area contributed by atoms with E-state index < -0.39 is 0 Å². The highest BCUT2D eigenvalue weighted by Crippen LogP contribution is 1.98. The molecule has 0 aliphatic rings. The van der Waals surface area contributed by atoms with E-state index in [4.69, 9.17) is 0 Å². The van der Waals surface area contributed by atoms with Gasteiger partial charge in [-0.25, -0.2) is 4.98 Å². The highest BCUT2D eigenvalue weighted by molar-refractivity contribution is 5.76. The summed E-state index contributed by atoms with van der Waals surface area (Å²) in [5, 5.41) is 3.29. The number of carbonyl (C=O) groups is 1. The predicted molar refractivity (Wildman–Crippen MR) is 72.2 cm³/mol. The van der Waals surface area contributed by atoms with Gasteiger partial charge in [0.05, 0.1) is 12.0 Å². The Balaban J connectivity index is 2.24.